The summed E-state index contributed by atoms with van der Waals surface area (Å²) in [6.07, 6.45) is 0.802. The van der Waals surface area contributed by atoms with E-state index in [9.17, 15) is 14.0 Å². The third-order valence-electron chi connectivity index (χ3n) is 4.74. The molecule has 0 atom stereocenters. The zero-order valence-electron chi connectivity index (χ0n) is 16.0. The number of carboxylic acid groups (broad SMARTS) is 1. The van der Waals surface area contributed by atoms with Gasteiger partial charge in [-0.15, -0.1) is 0 Å². The van der Waals surface area contributed by atoms with Gasteiger partial charge in [-0.25, -0.2) is 9.18 Å². The number of nitrogens with one attached hydrogen (secondary N) is 1. The summed E-state index contributed by atoms with van der Waals surface area (Å²) in [4.78, 5) is 23.6. The molecule has 28 heavy (non-hydrogen) atoms. The molecule has 0 radical (unpaired) electrons. The summed E-state index contributed by atoms with van der Waals surface area (Å²) < 4.78 is 20.8. The van der Waals surface area contributed by atoms with E-state index in [2.05, 4.69) is 41.8 Å². The predicted octanol–water partition coefficient (Wildman–Crippen LogP) is 5.22. The normalized spacial score (nSPS) is 16.6. The second-order valence-corrected chi connectivity index (χ2v) is 9.37. The Balaban J connectivity index is 1.93. The number of anilines is 1. The van der Waals surface area contributed by atoms with Crippen molar-refractivity contribution in [3.05, 3.63) is 56.4 Å². The van der Waals surface area contributed by atoms with Crippen molar-refractivity contribution in [3.63, 3.8) is 0 Å². The van der Waals surface area contributed by atoms with Crippen molar-refractivity contribution in [1.29, 1.82) is 0 Å². The van der Waals surface area contributed by atoms with Crippen LogP contribution in [0.25, 0.3) is 0 Å². The number of hydrogen-bond acceptors (Lipinski definition) is 3. The van der Waals surface area contributed by atoms with E-state index in [1.165, 1.54) is 6.07 Å². The van der Waals surface area contributed by atoms with E-state index >= 15 is 0 Å². The first kappa shape index (κ1) is 20.6. The molecule has 0 spiro atoms. The molecular formula is C21H21FINO4. The van der Waals surface area contributed by atoms with Crippen molar-refractivity contribution >= 4 is 40.2 Å². The van der Waals surface area contributed by atoms with Gasteiger partial charge in [-0.1, -0.05) is 13.8 Å². The first-order valence-electron chi connectivity index (χ1n) is 8.77. The molecule has 0 unspecified atom stereocenters. The summed E-state index contributed by atoms with van der Waals surface area (Å²) >= 11 is 2.15. The van der Waals surface area contributed by atoms with Crippen LogP contribution in [0, 0.1) is 9.39 Å². The average Bonchev–Trinajstić information content (AvgIpc) is 2.53. The topological polar surface area (TPSA) is 75.6 Å². The highest BCUT2D eigenvalue weighted by molar-refractivity contribution is 14.1. The molecule has 0 aliphatic carbocycles. The predicted molar refractivity (Wildman–Crippen MR) is 113 cm³/mol. The standard InChI is InChI=1S/C21H21FINO4/c1-20(2)10-21(3,4)28-17-14(20)7-11(8-16(17)23)18(25)24-12-5-6-13(19(26)27)15(22)9-12/h5-9H,10H2,1-4H3,(H,24,25)(H,26,27). The van der Waals surface area contributed by atoms with Gasteiger partial charge in [0.15, 0.2) is 0 Å². The maximum atomic E-state index is 13.9. The van der Waals surface area contributed by atoms with Gasteiger partial charge >= 0.3 is 5.97 Å². The third kappa shape index (κ3) is 3.99. The number of carbonyl (C=O) groups is 2. The smallest absolute Gasteiger partial charge is 0.338 e. The van der Waals surface area contributed by atoms with Crippen LogP contribution in [0.1, 0.15) is 60.4 Å². The van der Waals surface area contributed by atoms with Gasteiger partial charge in [0.2, 0.25) is 0 Å². The van der Waals surface area contributed by atoms with E-state index in [-0.39, 0.29) is 16.7 Å². The van der Waals surface area contributed by atoms with Crippen molar-refractivity contribution in [2.45, 2.75) is 45.1 Å². The largest absolute Gasteiger partial charge is 0.486 e. The number of benzene rings is 2. The van der Waals surface area contributed by atoms with Crippen LogP contribution in [0.5, 0.6) is 5.75 Å². The molecule has 1 amide bonds. The molecule has 3 rings (SSSR count). The molecule has 2 aromatic carbocycles. The lowest BCUT2D eigenvalue weighted by Crippen LogP contribution is -2.41. The number of carboxylic acids is 1. The van der Waals surface area contributed by atoms with Crippen molar-refractivity contribution in [2.24, 2.45) is 0 Å². The van der Waals surface area contributed by atoms with Crippen LogP contribution < -0.4 is 10.1 Å². The molecule has 2 N–H and O–H groups in total. The monoisotopic (exact) mass is 497 g/mol. The highest BCUT2D eigenvalue weighted by Crippen LogP contribution is 2.47. The van der Waals surface area contributed by atoms with Crippen LogP contribution in [0.2, 0.25) is 0 Å². The summed E-state index contributed by atoms with van der Waals surface area (Å²) in [6.45, 7) is 8.33. The molecule has 1 aliphatic heterocycles. The van der Waals surface area contributed by atoms with Crippen LogP contribution in [0.4, 0.5) is 10.1 Å². The summed E-state index contributed by atoms with van der Waals surface area (Å²) in [5.41, 5.74) is 0.657. The van der Waals surface area contributed by atoms with E-state index in [1.54, 1.807) is 6.07 Å². The van der Waals surface area contributed by atoms with Gasteiger partial charge in [-0.05, 0) is 78.6 Å². The molecule has 2 aromatic rings. The zero-order valence-corrected chi connectivity index (χ0v) is 18.2. The number of hydrogen-bond donors (Lipinski definition) is 2. The molecule has 0 aromatic heterocycles. The summed E-state index contributed by atoms with van der Waals surface area (Å²) in [5, 5.41) is 11.5. The van der Waals surface area contributed by atoms with Gasteiger partial charge in [0.05, 0.1) is 9.13 Å². The number of rotatable bonds is 3. The molecule has 1 heterocycles. The molecular weight excluding hydrogens is 476 g/mol. The van der Waals surface area contributed by atoms with E-state index < -0.39 is 23.3 Å². The molecule has 7 heteroatoms. The maximum absolute atomic E-state index is 13.9. The quantitative estimate of drug-likeness (QED) is 0.571. The third-order valence-corrected chi connectivity index (χ3v) is 5.54. The Bertz CT molecular complexity index is 985. The molecule has 148 valence electrons. The number of aromatic carboxylic acids is 1. The van der Waals surface area contributed by atoms with Gasteiger partial charge in [-0.2, -0.15) is 0 Å². The fourth-order valence-electron chi connectivity index (χ4n) is 3.77. The van der Waals surface area contributed by atoms with E-state index in [0.29, 0.717) is 5.56 Å². The van der Waals surface area contributed by atoms with Crippen molar-refractivity contribution in [1.82, 2.24) is 0 Å². The first-order valence-corrected chi connectivity index (χ1v) is 9.85. The Labute approximate surface area is 176 Å². The minimum atomic E-state index is -1.36. The van der Waals surface area contributed by atoms with Crippen LogP contribution in [0.15, 0.2) is 30.3 Å². The molecule has 0 saturated heterocycles. The van der Waals surface area contributed by atoms with E-state index in [4.69, 9.17) is 9.84 Å². The number of amides is 1. The zero-order chi connectivity index (χ0) is 20.9. The Morgan fingerprint density at radius 3 is 2.46 bits per heavy atom. The SMILES string of the molecule is CC1(C)CC(C)(C)c2cc(C(=O)Nc3ccc(C(=O)O)c(F)c3)cc(I)c2O1. The first-order chi connectivity index (χ1) is 12.9. The fraction of sp³-hybridized carbons (Fsp3) is 0.333. The molecule has 1 aliphatic rings. The Morgan fingerprint density at radius 2 is 1.86 bits per heavy atom. The lowest BCUT2D eigenvalue weighted by atomic mass is 9.73. The maximum Gasteiger partial charge on any atom is 0.338 e. The average molecular weight is 497 g/mol. The van der Waals surface area contributed by atoms with Crippen LogP contribution in [0.3, 0.4) is 0 Å². The highest BCUT2D eigenvalue weighted by atomic mass is 127. The number of halogens is 2. The van der Waals surface area contributed by atoms with Gasteiger partial charge < -0.3 is 15.2 Å². The second-order valence-electron chi connectivity index (χ2n) is 8.21. The summed E-state index contributed by atoms with van der Waals surface area (Å²) in [5.74, 6) is -1.87. The number of carbonyl (C=O) groups excluding carboxylic acids is 1. The Kier molecular flexibility index (Phi) is 5.16. The highest BCUT2D eigenvalue weighted by Gasteiger charge is 2.40. The van der Waals surface area contributed by atoms with Crippen molar-refractivity contribution in [2.75, 3.05) is 5.32 Å². The van der Waals surface area contributed by atoms with Crippen LogP contribution in [-0.2, 0) is 5.41 Å². The number of fused-ring (bicyclic) bond motifs is 1. The van der Waals surface area contributed by atoms with Gasteiger partial charge in [0.25, 0.3) is 5.91 Å². The Morgan fingerprint density at radius 1 is 1.18 bits per heavy atom. The van der Waals surface area contributed by atoms with E-state index in [1.807, 2.05) is 19.9 Å². The lowest BCUT2D eigenvalue weighted by molar-refractivity contribution is 0.0522. The molecule has 0 saturated carbocycles. The lowest BCUT2D eigenvalue weighted by Gasteiger charge is -2.43. The molecule has 5 nitrogen and oxygen atoms in total. The summed E-state index contributed by atoms with van der Waals surface area (Å²) in [7, 11) is 0. The van der Waals surface area contributed by atoms with Gasteiger partial charge in [0, 0.05) is 16.8 Å². The Hall–Kier alpha value is -2.16. The van der Waals surface area contributed by atoms with Crippen molar-refractivity contribution < 1.29 is 23.8 Å². The van der Waals surface area contributed by atoms with Gasteiger partial charge in [-0.3, -0.25) is 4.79 Å². The minimum absolute atomic E-state index is 0.178. The number of ether oxygens (including phenoxy) is 1. The minimum Gasteiger partial charge on any atom is -0.486 e. The fourth-order valence-corrected chi connectivity index (χ4v) is 4.51. The molecule has 0 bridgehead atoms. The van der Waals surface area contributed by atoms with Crippen molar-refractivity contribution in [3.8, 4) is 5.75 Å². The van der Waals surface area contributed by atoms with Crippen LogP contribution in [-0.4, -0.2) is 22.6 Å². The van der Waals surface area contributed by atoms with E-state index in [0.717, 1.165) is 33.4 Å². The summed E-state index contributed by atoms with van der Waals surface area (Å²) in [6, 6.07) is 7.03. The van der Waals surface area contributed by atoms with Crippen LogP contribution >= 0.6 is 22.6 Å². The second kappa shape index (κ2) is 7.02. The van der Waals surface area contributed by atoms with Gasteiger partial charge in [0.1, 0.15) is 17.2 Å². The molecule has 0 fully saturated rings.